The number of fused-ring (bicyclic) bond motifs is 1. The maximum Gasteiger partial charge on any atom is 0.137 e. The first-order chi connectivity index (χ1) is 9.83. The molecule has 0 aliphatic carbocycles. The van der Waals surface area contributed by atoms with Gasteiger partial charge in [-0.1, -0.05) is 6.07 Å². The lowest BCUT2D eigenvalue weighted by Crippen LogP contribution is -2.02. The molecule has 0 saturated heterocycles. The van der Waals surface area contributed by atoms with Gasteiger partial charge in [-0.05, 0) is 43.3 Å². The van der Waals surface area contributed by atoms with Crippen LogP contribution in [0.5, 0.6) is 5.75 Å². The molecule has 0 amide bonds. The maximum absolute atomic E-state index is 5.89. The van der Waals surface area contributed by atoms with Crippen LogP contribution in [0, 0.1) is 0 Å². The van der Waals surface area contributed by atoms with Gasteiger partial charge >= 0.3 is 0 Å². The number of hydrogen-bond acceptors (Lipinski definition) is 3. The summed E-state index contributed by atoms with van der Waals surface area (Å²) in [7, 11) is 0. The largest absolute Gasteiger partial charge is 0.494 e. The number of hydrogen-bond donors (Lipinski definition) is 1. The third-order valence-electron chi connectivity index (χ3n) is 3.26. The van der Waals surface area contributed by atoms with Crippen molar-refractivity contribution in [2.24, 2.45) is 5.73 Å². The second-order valence-electron chi connectivity index (χ2n) is 4.50. The Morgan fingerprint density at radius 3 is 2.65 bits per heavy atom. The van der Waals surface area contributed by atoms with E-state index in [1.807, 2.05) is 60.0 Å². The fourth-order valence-electron chi connectivity index (χ4n) is 2.35. The van der Waals surface area contributed by atoms with Gasteiger partial charge in [0, 0.05) is 18.3 Å². The number of imidazole rings is 1. The molecule has 0 aliphatic heterocycles. The first kappa shape index (κ1) is 12.7. The summed E-state index contributed by atoms with van der Waals surface area (Å²) in [5, 5.41) is 0. The molecule has 0 bridgehead atoms. The van der Waals surface area contributed by atoms with Crippen molar-refractivity contribution in [2.75, 3.05) is 6.61 Å². The number of ether oxygens (including phenoxy) is 1. The van der Waals surface area contributed by atoms with Gasteiger partial charge in [-0.3, -0.25) is 0 Å². The van der Waals surface area contributed by atoms with Crippen LogP contribution in [0.15, 0.2) is 48.7 Å². The van der Waals surface area contributed by atoms with Gasteiger partial charge in [0.05, 0.1) is 18.0 Å². The zero-order valence-corrected chi connectivity index (χ0v) is 11.4. The Balaban J connectivity index is 2.09. The van der Waals surface area contributed by atoms with Crippen molar-refractivity contribution in [3.05, 3.63) is 54.4 Å². The van der Waals surface area contributed by atoms with Crippen molar-refractivity contribution in [1.82, 2.24) is 9.38 Å². The molecular formula is C16H17N3O. The highest BCUT2D eigenvalue weighted by molar-refractivity contribution is 5.67. The molecule has 1 aromatic carbocycles. The Hall–Kier alpha value is -2.33. The minimum atomic E-state index is 0.452. The summed E-state index contributed by atoms with van der Waals surface area (Å²) in [5.74, 6) is 0.870. The van der Waals surface area contributed by atoms with Gasteiger partial charge in [0.15, 0.2) is 0 Å². The third kappa shape index (κ3) is 2.14. The highest BCUT2D eigenvalue weighted by atomic mass is 16.5. The molecule has 3 aromatic rings. The predicted octanol–water partition coefficient (Wildman–Crippen LogP) is 2.86. The van der Waals surface area contributed by atoms with Gasteiger partial charge in [-0.25, -0.2) is 4.98 Å². The van der Waals surface area contributed by atoms with Gasteiger partial charge in [0.2, 0.25) is 0 Å². The topological polar surface area (TPSA) is 52.5 Å². The van der Waals surface area contributed by atoms with E-state index in [1.165, 1.54) is 0 Å². The fraction of sp³-hybridized carbons (Fsp3) is 0.188. The lowest BCUT2D eigenvalue weighted by Gasteiger charge is -2.05. The standard InChI is InChI=1S/C16H17N3O/c1-2-20-13-8-6-12(7-9-13)16-14(11-17)19-10-4-3-5-15(19)18-16/h3-10H,2,11,17H2,1H3. The van der Waals surface area contributed by atoms with Crippen LogP contribution in [-0.2, 0) is 6.54 Å². The van der Waals surface area contributed by atoms with E-state index in [1.54, 1.807) is 0 Å². The lowest BCUT2D eigenvalue weighted by molar-refractivity contribution is 0.340. The summed E-state index contributed by atoms with van der Waals surface area (Å²) in [4.78, 5) is 4.67. The molecule has 2 N–H and O–H groups in total. The van der Waals surface area contributed by atoms with Crippen LogP contribution < -0.4 is 10.5 Å². The molecule has 0 unspecified atom stereocenters. The zero-order chi connectivity index (χ0) is 13.9. The van der Waals surface area contributed by atoms with E-state index >= 15 is 0 Å². The normalized spacial score (nSPS) is 10.9. The van der Waals surface area contributed by atoms with Crippen LogP contribution in [-0.4, -0.2) is 16.0 Å². The molecule has 2 aromatic heterocycles. The summed E-state index contributed by atoms with van der Waals surface area (Å²) < 4.78 is 7.50. The van der Waals surface area contributed by atoms with E-state index < -0.39 is 0 Å². The van der Waals surface area contributed by atoms with Crippen molar-refractivity contribution in [2.45, 2.75) is 13.5 Å². The van der Waals surface area contributed by atoms with E-state index in [4.69, 9.17) is 10.5 Å². The minimum absolute atomic E-state index is 0.452. The molecule has 3 rings (SSSR count). The van der Waals surface area contributed by atoms with Crippen LogP contribution in [0.25, 0.3) is 16.9 Å². The minimum Gasteiger partial charge on any atom is -0.494 e. The zero-order valence-electron chi connectivity index (χ0n) is 11.4. The molecule has 0 atom stereocenters. The number of pyridine rings is 1. The number of nitrogens with zero attached hydrogens (tertiary/aromatic N) is 2. The molecule has 102 valence electrons. The number of rotatable bonds is 4. The Morgan fingerprint density at radius 2 is 1.95 bits per heavy atom. The second-order valence-corrected chi connectivity index (χ2v) is 4.50. The van der Waals surface area contributed by atoms with Crippen molar-refractivity contribution < 1.29 is 4.74 Å². The molecule has 20 heavy (non-hydrogen) atoms. The van der Waals surface area contributed by atoms with E-state index in [0.29, 0.717) is 13.2 Å². The van der Waals surface area contributed by atoms with Crippen LogP contribution in [0.3, 0.4) is 0 Å². The van der Waals surface area contributed by atoms with Crippen molar-refractivity contribution in [1.29, 1.82) is 0 Å². The van der Waals surface area contributed by atoms with E-state index in [0.717, 1.165) is 28.3 Å². The first-order valence-electron chi connectivity index (χ1n) is 6.72. The maximum atomic E-state index is 5.89. The Labute approximate surface area is 117 Å². The quantitative estimate of drug-likeness (QED) is 0.790. The third-order valence-corrected chi connectivity index (χ3v) is 3.26. The molecule has 4 heteroatoms. The highest BCUT2D eigenvalue weighted by Gasteiger charge is 2.12. The number of nitrogens with two attached hydrogens (primary N) is 1. The van der Waals surface area contributed by atoms with Crippen LogP contribution in [0.2, 0.25) is 0 Å². The fourth-order valence-corrected chi connectivity index (χ4v) is 2.35. The molecule has 0 radical (unpaired) electrons. The molecule has 0 aliphatic rings. The SMILES string of the molecule is CCOc1ccc(-c2nc3ccccn3c2CN)cc1. The van der Waals surface area contributed by atoms with E-state index in [9.17, 15) is 0 Å². The van der Waals surface area contributed by atoms with Gasteiger partial charge in [0.25, 0.3) is 0 Å². The van der Waals surface area contributed by atoms with Crippen LogP contribution in [0.4, 0.5) is 0 Å². The monoisotopic (exact) mass is 267 g/mol. The van der Waals surface area contributed by atoms with Gasteiger partial charge in [0.1, 0.15) is 11.4 Å². The summed E-state index contributed by atoms with van der Waals surface area (Å²) >= 11 is 0. The first-order valence-corrected chi connectivity index (χ1v) is 6.72. The van der Waals surface area contributed by atoms with Crippen molar-refractivity contribution in [3.63, 3.8) is 0 Å². The van der Waals surface area contributed by atoms with E-state index in [-0.39, 0.29) is 0 Å². The second kappa shape index (κ2) is 5.35. The van der Waals surface area contributed by atoms with Crippen LogP contribution in [0.1, 0.15) is 12.6 Å². The lowest BCUT2D eigenvalue weighted by atomic mass is 10.1. The number of benzene rings is 1. The Morgan fingerprint density at radius 1 is 1.15 bits per heavy atom. The Kier molecular flexibility index (Phi) is 3.39. The molecule has 0 spiro atoms. The molecular weight excluding hydrogens is 250 g/mol. The smallest absolute Gasteiger partial charge is 0.137 e. The summed E-state index contributed by atoms with van der Waals surface area (Å²) in [6, 6.07) is 13.9. The molecule has 0 saturated carbocycles. The number of aromatic nitrogens is 2. The summed E-state index contributed by atoms with van der Waals surface area (Å²) in [6.45, 7) is 3.10. The van der Waals surface area contributed by atoms with Crippen molar-refractivity contribution >= 4 is 5.65 Å². The van der Waals surface area contributed by atoms with Crippen LogP contribution >= 0.6 is 0 Å². The highest BCUT2D eigenvalue weighted by Crippen LogP contribution is 2.26. The van der Waals surface area contributed by atoms with Gasteiger partial charge in [-0.2, -0.15) is 0 Å². The molecule has 0 fully saturated rings. The average Bonchev–Trinajstić information content (AvgIpc) is 2.87. The van der Waals surface area contributed by atoms with Gasteiger partial charge in [-0.15, -0.1) is 0 Å². The van der Waals surface area contributed by atoms with Crippen molar-refractivity contribution in [3.8, 4) is 17.0 Å². The van der Waals surface area contributed by atoms with E-state index in [2.05, 4.69) is 4.98 Å². The molecule has 4 nitrogen and oxygen atoms in total. The summed E-state index contributed by atoms with van der Waals surface area (Å²) in [6.07, 6.45) is 1.99. The average molecular weight is 267 g/mol. The Bertz CT molecular complexity index is 716. The van der Waals surface area contributed by atoms with Gasteiger partial charge < -0.3 is 14.9 Å². The summed E-state index contributed by atoms with van der Waals surface area (Å²) in [5.41, 5.74) is 9.81. The predicted molar refractivity (Wildman–Crippen MR) is 79.7 cm³/mol. The molecule has 2 heterocycles.